The number of anilines is 1. The topological polar surface area (TPSA) is 36.1 Å². The van der Waals surface area contributed by atoms with Crippen molar-refractivity contribution < 1.29 is 4.79 Å². The lowest BCUT2D eigenvalue weighted by molar-refractivity contribution is -0.117. The first-order valence-electron chi connectivity index (χ1n) is 5.67. The molecule has 1 amide bonds. The number of nitrogens with zero attached hydrogens (tertiary/aromatic N) is 1. The number of benzene rings is 1. The minimum Gasteiger partial charge on any atom is -0.359 e. The van der Waals surface area contributed by atoms with Gasteiger partial charge in [-0.2, -0.15) is 0 Å². The van der Waals surface area contributed by atoms with E-state index in [0.717, 1.165) is 22.3 Å². The third-order valence-electron chi connectivity index (χ3n) is 3.13. The number of carbonyl (C=O) groups is 1. The van der Waals surface area contributed by atoms with Crippen LogP contribution in [0.1, 0.15) is 12.1 Å². The molecule has 0 saturated carbocycles. The lowest BCUT2D eigenvalue weighted by Crippen LogP contribution is -2.24. The van der Waals surface area contributed by atoms with Gasteiger partial charge < -0.3 is 9.88 Å². The summed E-state index contributed by atoms with van der Waals surface area (Å²) < 4.78 is 0. The highest BCUT2D eigenvalue weighted by Gasteiger charge is 2.29. The number of halogens is 1. The summed E-state index contributed by atoms with van der Waals surface area (Å²) in [7, 11) is 0. The fraction of sp³-hybridized carbons (Fsp3) is 0.308. The first-order chi connectivity index (χ1) is 8.13. The van der Waals surface area contributed by atoms with Gasteiger partial charge >= 0.3 is 0 Å². The third-order valence-corrected chi connectivity index (χ3v) is 3.42. The Balaban J connectivity index is 2.03. The van der Waals surface area contributed by atoms with Gasteiger partial charge in [0.05, 0.1) is 5.38 Å². The quantitative estimate of drug-likeness (QED) is 0.774. The number of fused-ring (bicyclic) bond motifs is 1. The molecule has 1 saturated heterocycles. The molecule has 1 aromatic carbocycles. The molecule has 1 aromatic heterocycles. The van der Waals surface area contributed by atoms with Crippen molar-refractivity contribution in [1.29, 1.82) is 0 Å². The smallest absolute Gasteiger partial charge is 0.228 e. The molecule has 3 rings (SSSR count). The average Bonchev–Trinajstić information content (AvgIpc) is 2.78. The van der Waals surface area contributed by atoms with Crippen LogP contribution in [-0.4, -0.2) is 22.8 Å². The van der Waals surface area contributed by atoms with E-state index in [4.69, 9.17) is 11.6 Å². The van der Waals surface area contributed by atoms with E-state index in [1.165, 1.54) is 0 Å². The summed E-state index contributed by atoms with van der Waals surface area (Å²) in [5.41, 5.74) is 3.16. The minimum absolute atomic E-state index is 0.0637. The molecule has 0 spiro atoms. The molecule has 1 unspecified atom stereocenters. The monoisotopic (exact) mass is 248 g/mol. The Morgan fingerprint density at radius 2 is 2.24 bits per heavy atom. The van der Waals surface area contributed by atoms with Crippen molar-refractivity contribution in [3.63, 3.8) is 0 Å². The second-order valence-electron chi connectivity index (χ2n) is 4.53. The predicted octanol–water partition coefficient (Wildman–Crippen LogP) is 2.82. The summed E-state index contributed by atoms with van der Waals surface area (Å²) in [6.45, 7) is 2.63. The lowest BCUT2D eigenvalue weighted by atomic mass is 10.2. The molecule has 0 aliphatic carbocycles. The van der Waals surface area contributed by atoms with Crippen molar-refractivity contribution in [3.8, 4) is 0 Å². The Morgan fingerprint density at radius 3 is 2.94 bits per heavy atom. The number of alkyl halides is 1. The minimum atomic E-state index is -0.0637. The fourth-order valence-electron chi connectivity index (χ4n) is 2.35. The number of nitrogens with one attached hydrogen (secondary N) is 1. The summed E-state index contributed by atoms with van der Waals surface area (Å²) >= 11 is 6.01. The number of hydrogen-bond acceptors (Lipinski definition) is 1. The second-order valence-corrected chi connectivity index (χ2v) is 5.15. The van der Waals surface area contributed by atoms with Gasteiger partial charge in [0.15, 0.2) is 0 Å². The number of aromatic amines is 1. The van der Waals surface area contributed by atoms with Gasteiger partial charge in [-0.25, -0.2) is 0 Å². The van der Waals surface area contributed by atoms with Gasteiger partial charge in [0.25, 0.3) is 0 Å². The van der Waals surface area contributed by atoms with E-state index in [1.54, 1.807) is 4.90 Å². The zero-order valence-electron chi connectivity index (χ0n) is 9.53. The first-order valence-corrected chi connectivity index (χ1v) is 6.11. The largest absolute Gasteiger partial charge is 0.359 e. The number of rotatable bonds is 1. The molecule has 4 heteroatoms. The predicted molar refractivity (Wildman–Crippen MR) is 69.6 cm³/mol. The Bertz CT molecular complexity index is 590. The molecule has 2 aromatic rings. The van der Waals surface area contributed by atoms with E-state index in [1.807, 2.05) is 25.1 Å². The molecule has 1 atom stereocenters. The van der Waals surface area contributed by atoms with Crippen LogP contribution in [0.3, 0.4) is 0 Å². The Hall–Kier alpha value is -1.48. The Kier molecular flexibility index (Phi) is 2.37. The van der Waals surface area contributed by atoms with E-state index in [0.29, 0.717) is 13.0 Å². The van der Waals surface area contributed by atoms with Crippen molar-refractivity contribution in [1.82, 2.24) is 4.98 Å². The summed E-state index contributed by atoms with van der Waals surface area (Å²) in [5, 5.41) is 1.07. The van der Waals surface area contributed by atoms with Gasteiger partial charge in [-0.15, -0.1) is 11.6 Å². The molecule has 3 nitrogen and oxygen atoms in total. The molecule has 2 heterocycles. The number of H-pyrrole nitrogens is 1. The van der Waals surface area contributed by atoms with Crippen LogP contribution in [0.25, 0.3) is 10.9 Å². The van der Waals surface area contributed by atoms with Gasteiger partial charge in [-0.1, -0.05) is 0 Å². The summed E-state index contributed by atoms with van der Waals surface area (Å²) in [4.78, 5) is 16.8. The maximum Gasteiger partial charge on any atom is 0.228 e. The molecule has 1 N–H and O–H groups in total. The van der Waals surface area contributed by atoms with Crippen LogP contribution in [0.4, 0.5) is 5.69 Å². The standard InChI is InChI=1S/C13H13ClN2O/c1-8-4-9-5-11(2-3-12(9)15-8)16-7-10(14)6-13(16)17/h2-5,10,15H,6-7H2,1H3. The maximum atomic E-state index is 11.8. The van der Waals surface area contributed by atoms with Crippen LogP contribution in [0, 0.1) is 6.92 Å². The van der Waals surface area contributed by atoms with E-state index in [-0.39, 0.29) is 11.3 Å². The molecule has 0 bridgehead atoms. The molecule has 1 aliphatic heterocycles. The molecule has 1 aliphatic rings. The van der Waals surface area contributed by atoms with Crippen molar-refractivity contribution >= 4 is 34.1 Å². The highest BCUT2D eigenvalue weighted by atomic mass is 35.5. The molecular formula is C13H13ClN2O. The lowest BCUT2D eigenvalue weighted by Gasteiger charge is -2.15. The molecule has 0 radical (unpaired) electrons. The van der Waals surface area contributed by atoms with Crippen molar-refractivity contribution in [2.75, 3.05) is 11.4 Å². The van der Waals surface area contributed by atoms with E-state index < -0.39 is 0 Å². The van der Waals surface area contributed by atoms with Crippen LogP contribution < -0.4 is 4.90 Å². The number of aromatic nitrogens is 1. The highest BCUT2D eigenvalue weighted by Crippen LogP contribution is 2.27. The van der Waals surface area contributed by atoms with Crippen LogP contribution in [-0.2, 0) is 4.79 Å². The molecule has 88 valence electrons. The second kappa shape index (κ2) is 3.77. The van der Waals surface area contributed by atoms with Gasteiger partial charge in [-0.3, -0.25) is 4.79 Å². The molecule has 17 heavy (non-hydrogen) atoms. The highest BCUT2D eigenvalue weighted by molar-refractivity contribution is 6.24. The number of aryl methyl sites for hydroxylation is 1. The maximum absolute atomic E-state index is 11.8. The zero-order valence-corrected chi connectivity index (χ0v) is 10.3. The Labute approximate surface area is 104 Å². The summed E-state index contributed by atoms with van der Waals surface area (Å²) in [6.07, 6.45) is 0.436. The van der Waals surface area contributed by atoms with Crippen molar-refractivity contribution in [2.45, 2.75) is 18.7 Å². The van der Waals surface area contributed by atoms with Gasteiger partial charge in [-0.05, 0) is 31.2 Å². The Morgan fingerprint density at radius 1 is 1.41 bits per heavy atom. The van der Waals surface area contributed by atoms with E-state index in [2.05, 4.69) is 11.1 Å². The number of carbonyl (C=O) groups excluding carboxylic acids is 1. The summed E-state index contributed by atoms with van der Waals surface area (Å²) in [5.74, 6) is 0.108. The average molecular weight is 249 g/mol. The van der Waals surface area contributed by atoms with E-state index in [9.17, 15) is 4.79 Å². The number of amides is 1. The van der Waals surface area contributed by atoms with E-state index >= 15 is 0 Å². The molecule has 1 fully saturated rings. The normalized spacial score (nSPS) is 20.5. The van der Waals surface area contributed by atoms with Crippen LogP contribution in [0.2, 0.25) is 0 Å². The summed E-state index contributed by atoms with van der Waals surface area (Å²) in [6, 6.07) is 8.08. The van der Waals surface area contributed by atoms with Crippen LogP contribution in [0.5, 0.6) is 0 Å². The number of hydrogen-bond donors (Lipinski definition) is 1. The van der Waals surface area contributed by atoms with Gasteiger partial charge in [0, 0.05) is 35.2 Å². The third kappa shape index (κ3) is 1.80. The fourth-order valence-corrected chi connectivity index (χ4v) is 2.62. The zero-order chi connectivity index (χ0) is 12.0. The SMILES string of the molecule is Cc1cc2cc(N3CC(Cl)CC3=O)ccc2[nH]1. The van der Waals surface area contributed by atoms with Crippen molar-refractivity contribution in [2.24, 2.45) is 0 Å². The first kappa shape index (κ1) is 10.7. The van der Waals surface area contributed by atoms with Crippen molar-refractivity contribution in [3.05, 3.63) is 30.0 Å². The van der Waals surface area contributed by atoms with Gasteiger partial charge in [0.1, 0.15) is 0 Å². The molecular weight excluding hydrogens is 236 g/mol. The van der Waals surface area contributed by atoms with Crippen LogP contribution in [0.15, 0.2) is 24.3 Å². The van der Waals surface area contributed by atoms with Crippen LogP contribution >= 0.6 is 11.6 Å². The van der Waals surface area contributed by atoms with Gasteiger partial charge in [0.2, 0.25) is 5.91 Å².